The lowest BCUT2D eigenvalue weighted by molar-refractivity contribution is -0.138. The van der Waals surface area contributed by atoms with Crippen LogP contribution in [0.3, 0.4) is 0 Å². The van der Waals surface area contributed by atoms with Crippen molar-refractivity contribution in [2.24, 2.45) is 5.73 Å². The van der Waals surface area contributed by atoms with E-state index in [0.717, 1.165) is 6.26 Å². The highest BCUT2D eigenvalue weighted by atomic mass is 19.4. The third-order valence-electron chi connectivity index (χ3n) is 1.84. The zero-order chi connectivity index (χ0) is 10.1. The van der Waals surface area contributed by atoms with E-state index in [1.165, 1.54) is 0 Å². The van der Waals surface area contributed by atoms with Crippen molar-refractivity contribution < 1.29 is 17.6 Å². The van der Waals surface area contributed by atoms with Crippen LogP contribution in [-0.2, 0) is 6.18 Å². The lowest BCUT2D eigenvalue weighted by atomic mass is 10.0. The Morgan fingerprint density at radius 3 is 2.54 bits per heavy atom. The Hall–Kier alpha value is -0.970. The Morgan fingerprint density at radius 1 is 1.46 bits per heavy atom. The van der Waals surface area contributed by atoms with Gasteiger partial charge in [0.15, 0.2) is 0 Å². The summed E-state index contributed by atoms with van der Waals surface area (Å²) >= 11 is 0. The summed E-state index contributed by atoms with van der Waals surface area (Å²) in [5.41, 5.74) is 4.72. The summed E-state index contributed by atoms with van der Waals surface area (Å²) in [6.07, 6.45) is -2.19. The third-order valence-corrected chi connectivity index (χ3v) is 1.84. The van der Waals surface area contributed by atoms with Gasteiger partial charge in [-0.05, 0) is 6.42 Å². The standard InChI is InChI=1S/C8H10F3NO/c1-2-7(12)5-3-13-4-6(5)8(9,10)11/h3-4,7H,2,12H2,1H3/t7-/m1/s1. The van der Waals surface area contributed by atoms with Crippen LogP contribution in [0.5, 0.6) is 0 Å². The molecule has 5 heteroatoms. The highest BCUT2D eigenvalue weighted by molar-refractivity contribution is 5.26. The first-order valence-electron chi connectivity index (χ1n) is 3.85. The van der Waals surface area contributed by atoms with Crippen LogP contribution in [0.4, 0.5) is 13.2 Å². The maximum Gasteiger partial charge on any atom is 0.419 e. The third kappa shape index (κ3) is 2.03. The zero-order valence-corrected chi connectivity index (χ0v) is 7.06. The van der Waals surface area contributed by atoms with Crippen molar-refractivity contribution in [3.05, 3.63) is 23.7 Å². The van der Waals surface area contributed by atoms with Crippen molar-refractivity contribution in [3.8, 4) is 0 Å². The van der Waals surface area contributed by atoms with E-state index in [2.05, 4.69) is 4.42 Å². The summed E-state index contributed by atoms with van der Waals surface area (Å²) in [6, 6.07) is -0.615. The van der Waals surface area contributed by atoms with Gasteiger partial charge in [0.2, 0.25) is 0 Å². The first kappa shape index (κ1) is 10.1. The Kier molecular flexibility index (Phi) is 2.66. The van der Waals surface area contributed by atoms with E-state index in [4.69, 9.17) is 5.73 Å². The van der Waals surface area contributed by atoms with Crippen molar-refractivity contribution in [1.82, 2.24) is 0 Å². The zero-order valence-electron chi connectivity index (χ0n) is 7.06. The van der Waals surface area contributed by atoms with Crippen LogP contribution in [-0.4, -0.2) is 0 Å². The van der Waals surface area contributed by atoms with Gasteiger partial charge < -0.3 is 10.2 Å². The van der Waals surface area contributed by atoms with E-state index in [-0.39, 0.29) is 5.56 Å². The van der Waals surface area contributed by atoms with E-state index in [1.54, 1.807) is 6.92 Å². The first-order chi connectivity index (χ1) is 5.96. The van der Waals surface area contributed by atoms with Gasteiger partial charge in [-0.25, -0.2) is 0 Å². The molecule has 13 heavy (non-hydrogen) atoms. The minimum atomic E-state index is -4.38. The lowest BCUT2D eigenvalue weighted by Gasteiger charge is -2.10. The molecule has 1 heterocycles. The van der Waals surface area contributed by atoms with E-state index >= 15 is 0 Å². The van der Waals surface area contributed by atoms with E-state index in [1.807, 2.05) is 0 Å². The number of hydrogen-bond acceptors (Lipinski definition) is 2. The van der Waals surface area contributed by atoms with Crippen LogP contribution in [0, 0.1) is 0 Å². The van der Waals surface area contributed by atoms with Gasteiger partial charge in [0.05, 0.1) is 11.8 Å². The van der Waals surface area contributed by atoms with Crippen molar-refractivity contribution in [2.75, 3.05) is 0 Å². The maximum atomic E-state index is 12.3. The quantitative estimate of drug-likeness (QED) is 0.784. The molecule has 2 N–H and O–H groups in total. The molecular formula is C8H10F3NO. The molecule has 1 aromatic heterocycles. The Morgan fingerprint density at radius 2 is 2.08 bits per heavy atom. The second-order valence-corrected chi connectivity index (χ2v) is 2.75. The second-order valence-electron chi connectivity index (χ2n) is 2.75. The predicted molar refractivity (Wildman–Crippen MR) is 40.9 cm³/mol. The average molecular weight is 193 g/mol. The van der Waals surface area contributed by atoms with E-state index < -0.39 is 17.8 Å². The first-order valence-corrected chi connectivity index (χ1v) is 3.85. The molecule has 2 nitrogen and oxygen atoms in total. The van der Waals surface area contributed by atoms with Crippen LogP contribution in [0.1, 0.15) is 30.5 Å². The fourth-order valence-electron chi connectivity index (χ4n) is 1.04. The van der Waals surface area contributed by atoms with Gasteiger partial charge in [-0.2, -0.15) is 13.2 Å². The molecule has 0 fully saturated rings. The largest absolute Gasteiger partial charge is 0.472 e. The second kappa shape index (κ2) is 3.41. The SMILES string of the molecule is CC[C@@H](N)c1cocc1C(F)(F)F. The lowest BCUT2D eigenvalue weighted by Crippen LogP contribution is -2.14. The van der Waals surface area contributed by atoms with Gasteiger partial charge in [-0.15, -0.1) is 0 Å². The van der Waals surface area contributed by atoms with Gasteiger partial charge in [0.25, 0.3) is 0 Å². The van der Waals surface area contributed by atoms with Crippen LogP contribution in [0.25, 0.3) is 0 Å². The highest BCUT2D eigenvalue weighted by Crippen LogP contribution is 2.35. The van der Waals surface area contributed by atoms with Crippen LogP contribution < -0.4 is 5.73 Å². The molecule has 0 aromatic carbocycles. The number of alkyl halides is 3. The average Bonchev–Trinajstić information content (AvgIpc) is 2.49. The summed E-state index contributed by atoms with van der Waals surface area (Å²) in [6.45, 7) is 1.72. The Labute approximate surface area is 73.5 Å². The minimum absolute atomic E-state index is 0.0231. The molecule has 0 aliphatic carbocycles. The fraction of sp³-hybridized carbons (Fsp3) is 0.500. The van der Waals surface area contributed by atoms with Gasteiger partial charge in [0, 0.05) is 11.6 Å². The maximum absolute atomic E-state index is 12.3. The predicted octanol–water partition coefficient (Wildman–Crippen LogP) is 2.71. The molecule has 0 amide bonds. The molecule has 0 aliphatic heterocycles. The summed E-state index contributed by atoms with van der Waals surface area (Å²) < 4.78 is 41.3. The molecule has 0 aliphatic rings. The van der Waals surface area contributed by atoms with Crippen LogP contribution in [0.15, 0.2) is 16.9 Å². The molecule has 0 unspecified atom stereocenters. The van der Waals surface area contributed by atoms with Crippen molar-refractivity contribution >= 4 is 0 Å². The summed E-state index contributed by atoms with van der Waals surface area (Å²) in [5, 5.41) is 0. The Bertz CT molecular complexity index is 279. The van der Waals surface area contributed by atoms with Gasteiger partial charge in [0.1, 0.15) is 6.26 Å². The van der Waals surface area contributed by atoms with E-state index in [0.29, 0.717) is 12.7 Å². The van der Waals surface area contributed by atoms with Gasteiger partial charge in [-0.1, -0.05) is 6.92 Å². The van der Waals surface area contributed by atoms with E-state index in [9.17, 15) is 13.2 Å². The summed E-state index contributed by atoms with van der Waals surface area (Å²) in [5.74, 6) is 0. The van der Waals surface area contributed by atoms with Gasteiger partial charge in [-0.3, -0.25) is 0 Å². The van der Waals surface area contributed by atoms with Crippen molar-refractivity contribution in [3.63, 3.8) is 0 Å². The highest BCUT2D eigenvalue weighted by Gasteiger charge is 2.36. The molecule has 0 bridgehead atoms. The normalized spacial score (nSPS) is 14.5. The van der Waals surface area contributed by atoms with Gasteiger partial charge >= 0.3 is 6.18 Å². The fourth-order valence-corrected chi connectivity index (χ4v) is 1.04. The smallest absolute Gasteiger partial charge is 0.419 e. The molecule has 0 saturated carbocycles. The Balaban J connectivity index is 3.03. The number of rotatable bonds is 2. The number of halogens is 3. The molecular weight excluding hydrogens is 183 g/mol. The number of hydrogen-bond donors (Lipinski definition) is 1. The molecule has 1 aromatic rings. The molecule has 0 saturated heterocycles. The molecule has 1 atom stereocenters. The van der Waals surface area contributed by atoms with Crippen LogP contribution >= 0.6 is 0 Å². The minimum Gasteiger partial charge on any atom is -0.472 e. The molecule has 1 rings (SSSR count). The molecule has 74 valence electrons. The number of furan rings is 1. The van der Waals surface area contributed by atoms with Crippen molar-refractivity contribution in [1.29, 1.82) is 0 Å². The monoisotopic (exact) mass is 193 g/mol. The van der Waals surface area contributed by atoms with Crippen LogP contribution in [0.2, 0.25) is 0 Å². The topological polar surface area (TPSA) is 39.2 Å². The summed E-state index contributed by atoms with van der Waals surface area (Å²) in [7, 11) is 0. The number of nitrogens with two attached hydrogens (primary N) is 1. The molecule has 0 spiro atoms. The van der Waals surface area contributed by atoms with Crippen molar-refractivity contribution in [2.45, 2.75) is 25.6 Å². The summed E-state index contributed by atoms with van der Waals surface area (Å²) in [4.78, 5) is 0. The molecule has 0 radical (unpaired) electrons.